The highest BCUT2D eigenvalue weighted by Gasteiger charge is 2.27. The van der Waals surface area contributed by atoms with E-state index >= 15 is 0 Å². The number of nitrogens with one attached hydrogen (secondary N) is 6. The third kappa shape index (κ3) is 17.1. The summed E-state index contributed by atoms with van der Waals surface area (Å²) in [7, 11) is 0. The predicted octanol–water partition coefficient (Wildman–Crippen LogP) is 1.90. The second kappa shape index (κ2) is 25.1. The molecule has 12 N–H and O–H groups in total. The number of hydrogen-bond donors (Lipinski definition) is 12. The monoisotopic (exact) mass is 963 g/mol. The van der Waals surface area contributed by atoms with E-state index in [4.69, 9.17) is 10.2 Å². The first-order valence-electron chi connectivity index (χ1n) is 20.6. The number of nitrogens with zero attached hydrogens (tertiary/aromatic N) is 3. The van der Waals surface area contributed by atoms with Gasteiger partial charge in [0.2, 0.25) is 0 Å². The molecule has 4 rings (SSSR count). The number of carbonyl (C=O) groups is 10. The highest BCUT2D eigenvalue weighted by molar-refractivity contribution is 6.09. The van der Waals surface area contributed by atoms with Crippen molar-refractivity contribution in [2.75, 3.05) is 17.3 Å². The van der Waals surface area contributed by atoms with Crippen molar-refractivity contribution in [2.45, 2.75) is 75.5 Å². The molecule has 3 aromatic carbocycles. The number of aliphatic carboxylic acids is 6. The molecular formula is C43H46FN9O16. The number of benzene rings is 3. The number of aromatic nitrogens is 3. The van der Waals surface area contributed by atoms with Crippen LogP contribution in [0.1, 0.15) is 69.6 Å². The number of alkyl halides is 1. The van der Waals surface area contributed by atoms with Gasteiger partial charge in [0, 0.05) is 48.2 Å². The summed E-state index contributed by atoms with van der Waals surface area (Å²) in [4.78, 5) is 121. The van der Waals surface area contributed by atoms with Crippen molar-refractivity contribution in [1.29, 1.82) is 0 Å². The molecule has 0 bridgehead atoms. The maximum atomic E-state index is 13.7. The van der Waals surface area contributed by atoms with Gasteiger partial charge in [-0.2, -0.15) is 0 Å². The number of halogens is 1. The van der Waals surface area contributed by atoms with Gasteiger partial charge in [0.25, 0.3) is 11.8 Å². The summed E-state index contributed by atoms with van der Waals surface area (Å²) < 4.78 is 14.2. The Kier molecular flexibility index (Phi) is 19.1. The predicted molar refractivity (Wildman–Crippen MR) is 235 cm³/mol. The summed E-state index contributed by atoms with van der Waals surface area (Å²) >= 11 is 0. The van der Waals surface area contributed by atoms with Gasteiger partial charge in [0.15, 0.2) is 0 Å². The van der Waals surface area contributed by atoms with Crippen LogP contribution in [0, 0.1) is 0 Å². The number of urea groups is 2. The van der Waals surface area contributed by atoms with Crippen LogP contribution in [0.25, 0.3) is 5.69 Å². The lowest BCUT2D eigenvalue weighted by molar-refractivity contribution is -0.142. The lowest BCUT2D eigenvalue weighted by Crippen LogP contribution is -2.51. The molecule has 4 atom stereocenters. The number of aryl methyl sites for hydroxylation is 1. The van der Waals surface area contributed by atoms with E-state index in [0.717, 1.165) is 0 Å². The van der Waals surface area contributed by atoms with Crippen LogP contribution in [0.4, 0.5) is 25.4 Å². The first-order chi connectivity index (χ1) is 32.7. The molecule has 366 valence electrons. The molecule has 1 aromatic heterocycles. The number of amides is 6. The Labute approximate surface area is 389 Å². The molecule has 0 aliphatic heterocycles. The van der Waals surface area contributed by atoms with Crippen LogP contribution in [-0.2, 0) is 48.0 Å². The zero-order valence-electron chi connectivity index (χ0n) is 36.1. The van der Waals surface area contributed by atoms with Crippen molar-refractivity contribution in [1.82, 2.24) is 36.3 Å². The van der Waals surface area contributed by atoms with Gasteiger partial charge >= 0.3 is 47.9 Å². The highest BCUT2D eigenvalue weighted by Crippen LogP contribution is 2.20. The zero-order chi connectivity index (χ0) is 50.8. The Hall–Kier alpha value is -8.97. The van der Waals surface area contributed by atoms with Gasteiger partial charge in [-0.05, 0) is 79.3 Å². The van der Waals surface area contributed by atoms with Crippen LogP contribution >= 0.6 is 0 Å². The lowest BCUT2D eigenvalue weighted by atomic mass is 10.0. The fourth-order valence-electron chi connectivity index (χ4n) is 6.29. The highest BCUT2D eigenvalue weighted by atomic mass is 19.1. The summed E-state index contributed by atoms with van der Waals surface area (Å²) in [5, 5.41) is 77.5. The molecule has 6 amide bonds. The van der Waals surface area contributed by atoms with Crippen molar-refractivity contribution < 1.29 is 83.0 Å². The molecule has 69 heavy (non-hydrogen) atoms. The van der Waals surface area contributed by atoms with Gasteiger partial charge in [-0.3, -0.25) is 23.6 Å². The van der Waals surface area contributed by atoms with E-state index in [1.807, 2.05) is 10.6 Å². The van der Waals surface area contributed by atoms with Crippen molar-refractivity contribution in [3.05, 3.63) is 101 Å². The fraction of sp³-hybridized carbons (Fsp3) is 0.302. The minimum absolute atomic E-state index is 0.0464. The van der Waals surface area contributed by atoms with Crippen LogP contribution in [0.2, 0.25) is 0 Å². The van der Waals surface area contributed by atoms with E-state index in [2.05, 4.69) is 31.6 Å². The van der Waals surface area contributed by atoms with E-state index in [9.17, 15) is 72.8 Å². The number of rotatable bonds is 26. The van der Waals surface area contributed by atoms with Gasteiger partial charge in [-0.25, -0.2) is 33.4 Å². The Morgan fingerprint density at radius 2 is 0.942 bits per heavy atom. The first kappa shape index (κ1) is 52.7. The van der Waals surface area contributed by atoms with Crippen LogP contribution < -0.4 is 31.9 Å². The van der Waals surface area contributed by atoms with Crippen molar-refractivity contribution in [3.63, 3.8) is 0 Å². The van der Waals surface area contributed by atoms with Gasteiger partial charge in [0.05, 0.1) is 24.3 Å². The van der Waals surface area contributed by atoms with Crippen LogP contribution in [-0.4, -0.2) is 136 Å². The first-order valence-corrected chi connectivity index (χ1v) is 20.6. The van der Waals surface area contributed by atoms with Gasteiger partial charge in [-0.1, -0.05) is 29.5 Å². The number of carbonyl (C=O) groups excluding carboxylic acids is 4. The Balaban J connectivity index is 1.48. The van der Waals surface area contributed by atoms with Crippen molar-refractivity contribution in [2.24, 2.45) is 0 Å². The second-order valence-electron chi connectivity index (χ2n) is 15.1. The summed E-state index contributed by atoms with van der Waals surface area (Å²) in [5.74, 6) is -10.00. The van der Waals surface area contributed by atoms with Crippen molar-refractivity contribution in [3.8, 4) is 5.69 Å². The molecule has 0 aliphatic rings. The molecule has 0 saturated carbocycles. The van der Waals surface area contributed by atoms with E-state index in [-0.39, 0.29) is 53.9 Å². The summed E-state index contributed by atoms with van der Waals surface area (Å²) in [6.45, 7) is -0.601. The standard InChI is InChI=1S/C43H46FN9O16/c44-15-1-2-28-21-53(52-51-28)29-19-24(36(58)45-26-7-3-22(4-8-26)16-32(40(64)65)49-42(68)47-30(38(60)61)11-13-34(54)55)18-25(20-29)37(59)46-27-9-5-23(6-10-27)17-33(41(66)67)50-43(69)48-31(39(62)63)12-14-35(56)57/h3-10,18-21,30-33H,1-2,11-17H2,(H,45,58)(H,46,59)(H,54,55)(H,56,57)(H,60,61)(H,62,63)(H,64,65)(H,66,67)(H2,47,49,68)(H2,48,50,69)/t30-,31-,32?,33?/m0/s1. The van der Waals surface area contributed by atoms with Crippen LogP contribution in [0.3, 0.4) is 0 Å². The van der Waals surface area contributed by atoms with Gasteiger partial charge in [-0.15, -0.1) is 5.10 Å². The minimum Gasteiger partial charge on any atom is -0.481 e. The Morgan fingerprint density at radius 1 is 0.551 bits per heavy atom. The number of carboxylic acid groups (broad SMARTS) is 6. The Bertz CT molecular complexity index is 2410. The summed E-state index contributed by atoms with van der Waals surface area (Å²) in [5.41, 5.74) is 1.72. The van der Waals surface area contributed by atoms with E-state index in [1.54, 1.807) is 0 Å². The van der Waals surface area contributed by atoms with Gasteiger partial charge in [0.1, 0.15) is 24.2 Å². The molecule has 0 aliphatic carbocycles. The van der Waals surface area contributed by atoms with Gasteiger partial charge < -0.3 is 62.5 Å². The fourth-order valence-corrected chi connectivity index (χ4v) is 6.29. The minimum atomic E-state index is -1.60. The molecule has 1 heterocycles. The van der Waals surface area contributed by atoms with E-state index < -0.39 is 116 Å². The summed E-state index contributed by atoms with van der Waals surface area (Å²) in [6.07, 6.45) is -0.689. The lowest BCUT2D eigenvalue weighted by Gasteiger charge is -2.18. The second-order valence-corrected chi connectivity index (χ2v) is 15.1. The maximum absolute atomic E-state index is 13.7. The molecule has 0 spiro atoms. The van der Waals surface area contributed by atoms with Crippen LogP contribution in [0.5, 0.6) is 0 Å². The van der Waals surface area contributed by atoms with Crippen LogP contribution in [0.15, 0.2) is 72.9 Å². The smallest absolute Gasteiger partial charge is 0.326 e. The third-order valence-corrected chi connectivity index (χ3v) is 9.82. The SMILES string of the molecule is O=C(O)CC[C@H](NC(=O)NC(Cc1ccc(NC(=O)c2cc(C(=O)Nc3ccc(CC(NC(=O)N[C@@H](CCC(=O)O)C(=O)O)C(=O)O)cc3)cc(-n3cc(CCCF)nn3)c2)cc1)C(=O)O)C(=O)O. The largest absolute Gasteiger partial charge is 0.481 e. The topological polar surface area (TPSA) is 395 Å². The average molecular weight is 964 g/mol. The van der Waals surface area contributed by atoms with Crippen molar-refractivity contribution >= 4 is 71.1 Å². The molecular weight excluding hydrogens is 918 g/mol. The van der Waals surface area contributed by atoms with E-state index in [1.165, 1.54) is 77.6 Å². The quantitative estimate of drug-likeness (QED) is 0.0427. The molecule has 4 aromatic rings. The van der Waals surface area contributed by atoms with E-state index in [0.29, 0.717) is 16.8 Å². The number of carboxylic acids is 6. The summed E-state index contributed by atoms with van der Waals surface area (Å²) in [6, 6.07) is 6.97. The average Bonchev–Trinajstić information content (AvgIpc) is 3.77. The molecule has 0 radical (unpaired) electrons. The molecule has 25 nitrogen and oxygen atoms in total. The molecule has 0 fully saturated rings. The third-order valence-electron chi connectivity index (χ3n) is 9.82. The molecule has 26 heteroatoms. The normalized spacial score (nSPS) is 12.5. The Morgan fingerprint density at radius 3 is 1.30 bits per heavy atom. The zero-order valence-corrected chi connectivity index (χ0v) is 36.1. The number of anilines is 2. The molecule has 2 unspecified atom stereocenters. The number of hydrogen-bond acceptors (Lipinski definition) is 12. The maximum Gasteiger partial charge on any atom is 0.326 e. The molecule has 0 saturated heterocycles.